The van der Waals surface area contributed by atoms with Gasteiger partial charge in [-0.15, -0.1) is 0 Å². The summed E-state index contributed by atoms with van der Waals surface area (Å²) >= 11 is 0. The predicted molar refractivity (Wildman–Crippen MR) is 114 cm³/mol. The number of carbonyl (C=O) groups excluding carboxylic acids is 2. The third-order valence-electron chi connectivity index (χ3n) is 4.57. The van der Waals surface area contributed by atoms with Gasteiger partial charge < -0.3 is 24.4 Å². The summed E-state index contributed by atoms with van der Waals surface area (Å²) in [6, 6.07) is 4.88. The Kier molecular flexibility index (Phi) is 8.47. The quantitative estimate of drug-likeness (QED) is 0.284. The highest BCUT2D eigenvalue weighted by atomic mass is 16.6. The molecule has 0 aliphatic carbocycles. The number of anilines is 1. The molecule has 1 aliphatic rings. The molecule has 0 saturated carbocycles. The van der Waals surface area contributed by atoms with Crippen molar-refractivity contribution >= 4 is 23.4 Å². The third kappa shape index (κ3) is 8.31. The fourth-order valence-electron chi connectivity index (χ4n) is 3.18. The standard InChI is InChI=1S/C21H31N3O7/c1-15(25)29-12-5-13-30-19-7-6-17(14-18(19)24(27)28)23-10-8-16(9-11-23)22-20(26)31-21(2,3)4/h6-7,14,16H,5,8-13H2,1-4H3,(H,22,26). The summed E-state index contributed by atoms with van der Waals surface area (Å²) < 4.78 is 15.6. The van der Waals surface area contributed by atoms with Gasteiger partial charge in [-0.3, -0.25) is 14.9 Å². The van der Waals surface area contributed by atoms with E-state index in [1.807, 2.05) is 25.7 Å². The first-order valence-corrected chi connectivity index (χ1v) is 10.3. The van der Waals surface area contributed by atoms with E-state index < -0.39 is 16.6 Å². The average Bonchev–Trinajstić information content (AvgIpc) is 2.66. The highest BCUT2D eigenvalue weighted by molar-refractivity contribution is 5.68. The highest BCUT2D eigenvalue weighted by Gasteiger charge is 2.25. The van der Waals surface area contributed by atoms with Crippen LogP contribution in [0.1, 0.15) is 47.0 Å². The van der Waals surface area contributed by atoms with Crippen molar-refractivity contribution in [3.8, 4) is 5.75 Å². The van der Waals surface area contributed by atoms with Crippen LogP contribution in [0.2, 0.25) is 0 Å². The lowest BCUT2D eigenvalue weighted by Crippen LogP contribution is -2.46. The second-order valence-corrected chi connectivity index (χ2v) is 8.36. The molecule has 0 aromatic heterocycles. The van der Waals surface area contributed by atoms with Crippen LogP contribution in [0.15, 0.2) is 18.2 Å². The van der Waals surface area contributed by atoms with E-state index in [1.165, 1.54) is 13.0 Å². The summed E-state index contributed by atoms with van der Waals surface area (Å²) in [5.41, 5.74) is 0.0715. The number of hydrogen-bond acceptors (Lipinski definition) is 8. The Hall–Kier alpha value is -3.04. The van der Waals surface area contributed by atoms with Crippen molar-refractivity contribution < 1.29 is 28.7 Å². The first-order valence-electron chi connectivity index (χ1n) is 10.3. The summed E-state index contributed by atoms with van der Waals surface area (Å²) in [6.07, 6.45) is 1.43. The van der Waals surface area contributed by atoms with Gasteiger partial charge in [0.25, 0.3) is 0 Å². The number of alkyl carbamates (subject to hydrolysis) is 1. The van der Waals surface area contributed by atoms with Gasteiger partial charge in [0.05, 0.1) is 18.1 Å². The van der Waals surface area contributed by atoms with Crippen molar-refractivity contribution in [3.63, 3.8) is 0 Å². The molecule has 31 heavy (non-hydrogen) atoms. The summed E-state index contributed by atoms with van der Waals surface area (Å²) in [5.74, 6) is -0.196. The Bertz CT molecular complexity index is 784. The van der Waals surface area contributed by atoms with Crippen molar-refractivity contribution in [1.82, 2.24) is 5.32 Å². The molecule has 2 rings (SSSR count). The number of ether oxygens (including phenoxy) is 3. The van der Waals surface area contributed by atoms with E-state index in [1.54, 1.807) is 12.1 Å². The zero-order chi connectivity index (χ0) is 23.0. The summed E-state index contributed by atoms with van der Waals surface area (Å²) in [7, 11) is 0. The second-order valence-electron chi connectivity index (χ2n) is 8.36. The number of carbonyl (C=O) groups is 2. The lowest BCUT2D eigenvalue weighted by Gasteiger charge is -2.34. The van der Waals surface area contributed by atoms with Gasteiger partial charge in [-0.05, 0) is 45.7 Å². The number of amides is 1. The lowest BCUT2D eigenvalue weighted by atomic mass is 10.0. The van der Waals surface area contributed by atoms with Crippen LogP contribution in [0.5, 0.6) is 5.75 Å². The molecule has 0 bridgehead atoms. The van der Waals surface area contributed by atoms with E-state index in [9.17, 15) is 19.7 Å². The van der Waals surface area contributed by atoms with Crippen LogP contribution in [-0.2, 0) is 14.3 Å². The molecule has 1 amide bonds. The van der Waals surface area contributed by atoms with E-state index in [2.05, 4.69) is 5.32 Å². The number of nitrogens with one attached hydrogen (secondary N) is 1. The molecule has 0 unspecified atom stereocenters. The van der Waals surface area contributed by atoms with E-state index in [4.69, 9.17) is 14.2 Å². The van der Waals surface area contributed by atoms with Gasteiger partial charge >= 0.3 is 17.7 Å². The van der Waals surface area contributed by atoms with Gasteiger partial charge in [-0.1, -0.05) is 0 Å². The monoisotopic (exact) mass is 437 g/mol. The summed E-state index contributed by atoms with van der Waals surface area (Å²) in [6.45, 7) is 8.48. The maximum atomic E-state index is 11.9. The second kappa shape index (κ2) is 10.8. The fraction of sp³-hybridized carbons (Fsp3) is 0.619. The zero-order valence-corrected chi connectivity index (χ0v) is 18.5. The van der Waals surface area contributed by atoms with Gasteiger partial charge in [0.2, 0.25) is 0 Å². The molecule has 1 aromatic rings. The molecule has 1 aromatic carbocycles. The summed E-state index contributed by atoms with van der Waals surface area (Å²) in [4.78, 5) is 35.8. The Balaban J connectivity index is 1.90. The van der Waals surface area contributed by atoms with Crippen LogP contribution in [0.25, 0.3) is 0 Å². The number of esters is 1. The van der Waals surface area contributed by atoms with Gasteiger partial charge in [0, 0.05) is 44.2 Å². The highest BCUT2D eigenvalue weighted by Crippen LogP contribution is 2.33. The molecule has 0 spiro atoms. The van der Waals surface area contributed by atoms with Crippen molar-refractivity contribution in [2.45, 2.75) is 58.6 Å². The minimum atomic E-state index is -0.548. The summed E-state index contributed by atoms with van der Waals surface area (Å²) in [5, 5.41) is 14.4. The Labute approximate surface area is 182 Å². The van der Waals surface area contributed by atoms with Crippen molar-refractivity contribution in [2.24, 2.45) is 0 Å². The lowest BCUT2D eigenvalue weighted by molar-refractivity contribution is -0.385. The number of hydrogen-bond donors (Lipinski definition) is 1. The molecule has 0 atom stereocenters. The van der Waals surface area contributed by atoms with E-state index in [-0.39, 0.29) is 36.7 Å². The van der Waals surface area contributed by atoms with Crippen molar-refractivity contribution in [1.29, 1.82) is 0 Å². The first kappa shape index (κ1) is 24.2. The molecule has 1 saturated heterocycles. The average molecular weight is 437 g/mol. The zero-order valence-electron chi connectivity index (χ0n) is 18.5. The van der Waals surface area contributed by atoms with Gasteiger partial charge in [0.1, 0.15) is 5.60 Å². The van der Waals surface area contributed by atoms with Crippen molar-refractivity contribution in [2.75, 3.05) is 31.2 Å². The van der Waals surface area contributed by atoms with E-state index >= 15 is 0 Å². The normalized spacial score (nSPS) is 14.6. The molecule has 0 radical (unpaired) electrons. The van der Waals surface area contributed by atoms with Crippen molar-refractivity contribution in [3.05, 3.63) is 28.3 Å². The number of nitro groups is 1. The van der Waals surface area contributed by atoms with Gasteiger partial charge in [0.15, 0.2) is 5.75 Å². The van der Waals surface area contributed by atoms with Crippen LogP contribution in [0.3, 0.4) is 0 Å². The van der Waals surface area contributed by atoms with Crippen LogP contribution in [0, 0.1) is 10.1 Å². The molecule has 10 heteroatoms. The number of piperidine rings is 1. The molecule has 1 aliphatic heterocycles. The molecule has 1 heterocycles. The minimum absolute atomic E-state index is 0.000846. The maximum Gasteiger partial charge on any atom is 0.407 e. The largest absolute Gasteiger partial charge is 0.487 e. The smallest absolute Gasteiger partial charge is 0.407 e. The Morgan fingerprint density at radius 1 is 1.23 bits per heavy atom. The number of nitrogens with zero attached hydrogens (tertiary/aromatic N) is 2. The maximum absolute atomic E-state index is 11.9. The fourth-order valence-corrected chi connectivity index (χ4v) is 3.18. The molecule has 172 valence electrons. The van der Waals surface area contributed by atoms with E-state index in [0.29, 0.717) is 32.4 Å². The molecular weight excluding hydrogens is 406 g/mol. The van der Waals surface area contributed by atoms with Crippen LogP contribution in [-0.4, -0.2) is 54.9 Å². The van der Waals surface area contributed by atoms with Gasteiger partial charge in [-0.2, -0.15) is 0 Å². The van der Waals surface area contributed by atoms with Crippen LogP contribution < -0.4 is 15.0 Å². The topological polar surface area (TPSA) is 120 Å². The van der Waals surface area contributed by atoms with Gasteiger partial charge in [-0.25, -0.2) is 4.79 Å². The SMILES string of the molecule is CC(=O)OCCCOc1ccc(N2CCC(NC(=O)OC(C)(C)C)CC2)cc1[N+](=O)[O-]. The van der Waals surface area contributed by atoms with Crippen LogP contribution >= 0.6 is 0 Å². The molecule has 1 N–H and O–H groups in total. The number of benzene rings is 1. The molecule has 10 nitrogen and oxygen atoms in total. The predicted octanol–water partition coefficient (Wildman–Crippen LogP) is 3.42. The first-order chi connectivity index (χ1) is 14.5. The molecular formula is C21H31N3O7. The third-order valence-corrected chi connectivity index (χ3v) is 4.57. The molecule has 1 fully saturated rings. The number of nitro benzene ring substituents is 1. The van der Waals surface area contributed by atoms with Crippen LogP contribution in [0.4, 0.5) is 16.2 Å². The Morgan fingerprint density at radius 2 is 1.90 bits per heavy atom. The minimum Gasteiger partial charge on any atom is -0.487 e. The van der Waals surface area contributed by atoms with E-state index in [0.717, 1.165) is 5.69 Å². The number of rotatable bonds is 8. The Morgan fingerprint density at radius 3 is 2.48 bits per heavy atom.